The Bertz CT molecular complexity index is 628. The molecule has 1 aromatic heterocycles. The van der Waals surface area contributed by atoms with Gasteiger partial charge in [-0.2, -0.15) is 4.98 Å². The number of H-pyrrole nitrogens is 1. The van der Waals surface area contributed by atoms with Crippen LogP contribution in [0.1, 0.15) is 29.4 Å². The van der Waals surface area contributed by atoms with Crippen molar-refractivity contribution in [3.8, 4) is 0 Å². The molecule has 2 rings (SSSR count). The zero-order chi connectivity index (χ0) is 15.6. The fourth-order valence-electron chi connectivity index (χ4n) is 2.47. The van der Waals surface area contributed by atoms with E-state index in [4.69, 9.17) is 0 Å². The molecule has 0 aromatic carbocycles. The summed E-state index contributed by atoms with van der Waals surface area (Å²) in [7, 11) is 0. The van der Waals surface area contributed by atoms with E-state index >= 15 is 0 Å². The van der Waals surface area contributed by atoms with Gasteiger partial charge in [-0.05, 0) is 19.6 Å². The zero-order valence-electron chi connectivity index (χ0n) is 12.2. The number of hydrogen-bond acceptors (Lipinski definition) is 5. The molecule has 1 aromatic rings. The molecule has 7 nitrogen and oxygen atoms in total. The van der Waals surface area contributed by atoms with E-state index in [0.29, 0.717) is 35.8 Å². The molecule has 1 fully saturated rings. The maximum absolute atomic E-state index is 12.8. The van der Waals surface area contributed by atoms with Crippen LogP contribution in [0.4, 0.5) is 0 Å². The van der Waals surface area contributed by atoms with Crippen molar-refractivity contribution in [2.45, 2.75) is 31.3 Å². The number of piperazine rings is 1. The number of amides is 2. The SMILES string of the molecule is CCC1C(=O)NCCN1C(=O)c1c(SC)nc(=O)[nH]c1C. The minimum atomic E-state index is -0.479. The molecule has 1 saturated heterocycles. The third-order valence-corrected chi connectivity index (χ3v) is 4.15. The van der Waals surface area contributed by atoms with Gasteiger partial charge in [-0.1, -0.05) is 6.92 Å². The van der Waals surface area contributed by atoms with Crippen molar-refractivity contribution < 1.29 is 9.59 Å². The summed E-state index contributed by atoms with van der Waals surface area (Å²) in [4.78, 5) is 44.1. The van der Waals surface area contributed by atoms with Gasteiger partial charge in [0.2, 0.25) is 5.91 Å². The van der Waals surface area contributed by atoms with Crippen molar-refractivity contribution in [3.63, 3.8) is 0 Å². The first kappa shape index (κ1) is 15.6. The molecule has 0 spiro atoms. The van der Waals surface area contributed by atoms with Gasteiger partial charge in [-0.25, -0.2) is 4.79 Å². The predicted molar refractivity (Wildman–Crippen MR) is 79.5 cm³/mol. The monoisotopic (exact) mass is 310 g/mol. The predicted octanol–water partition coefficient (Wildman–Crippen LogP) is 0.151. The van der Waals surface area contributed by atoms with Crippen LogP contribution in [0.15, 0.2) is 9.82 Å². The Morgan fingerprint density at radius 3 is 2.81 bits per heavy atom. The molecule has 1 unspecified atom stereocenters. The molecule has 2 heterocycles. The Balaban J connectivity index is 2.44. The summed E-state index contributed by atoms with van der Waals surface area (Å²) >= 11 is 1.25. The highest BCUT2D eigenvalue weighted by atomic mass is 32.2. The number of aryl methyl sites for hydroxylation is 1. The van der Waals surface area contributed by atoms with Crippen molar-refractivity contribution >= 4 is 23.6 Å². The first-order valence-electron chi connectivity index (χ1n) is 6.73. The highest BCUT2D eigenvalue weighted by Gasteiger charge is 2.34. The van der Waals surface area contributed by atoms with Crippen LogP contribution in [0.25, 0.3) is 0 Å². The van der Waals surface area contributed by atoms with Crippen molar-refractivity contribution in [2.24, 2.45) is 0 Å². The van der Waals surface area contributed by atoms with E-state index in [1.807, 2.05) is 6.92 Å². The number of rotatable bonds is 3. The maximum Gasteiger partial charge on any atom is 0.346 e. The lowest BCUT2D eigenvalue weighted by molar-refractivity contribution is -0.127. The summed E-state index contributed by atoms with van der Waals surface area (Å²) in [5.41, 5.74) is 0.372. The molecule has 21 heavy (non-hydrogen) atoms. The summed E-state index contributed by atoms with van der Waals surface area (Å²) in [5, 5.41) is 3.15. The van der Waals surface area contributed by atoms with E-state index in [1.165, 1.54) is 11.8 Å². The van der Waals surface area contributed by atoms with E-state index in [2.05, 4.69) is 15.3 Å². The number of hydrogen-bond donors (Lipinski definition) is 2. The molecule has 8 heteroatoms. The van der Waals surface area contributed by atoms with Crippen LogP contribution in [0.5, 0.6) is 0 Å². The molecule has 1 aliphatic rings. The number of carbonyl (C=O) groups is 2. The number of nitrogens with one attached hydrogen (secondary N) is 2. The summed E-state index contributed by atoms with van der Waals surface area (Å²) in [6, 6.07) is -0.479. The Labute approximate surface area is 126 Å². The Morgan fingerprint density at radius 1 is 1.48 bits per heavy atom. The van der Waals surface area contributed by atoms with Crippen LogP contribution in [0.2, 0.25) is 0 Å². The third-order valence-electron chi connectivity index (χ3n) is 3.47. The van der Waals surface area contributed by atoms with Crippen LogP contribution in [-0.4, -0.2) is 52.1 Å². The van der Waals surface area contributed by atoms with E-state index in [1.54, 1.807) is 18.1 Å². The van der Waals surface area contributed by atoms with Gasteiger partial charge < -0.3 is 15.2 Å². The van der Waals surface area contributed by atoms with Crippen LogP contribution in [-0.2, 0) is 4.79 Å². The molecule has 114 valence electrons. The number of carbonyl (C=O) groups excluding carboxylic acids is 2. The minimum absolute atomic E-state index is 0.141. The molecular weight excluding hydrogens is 292 g/mol. The average Bonchev–Trinajstić information content (AvgIpc) is 2.45. The number of nitrogens with zero attached hydrogens (tertiary/aromatic N) is 2. The molecule has 0 bridgehead atoms. The second-order valence-electron chi connectivity index (χ2n) is 4.76. The van der Waals surface area contributed by atoms with Crippen molar-refractivity contribution in [1.29, 1.82) is 0 Å². The van der Waals surface area contributed by atoms with Gasteiger partial charge >= 0.3 is 5.69 Å². The van der Waals surface area contributed by atoms with E-state index < -0.39 is 11.7 Å². The quantitative estimate of drug-likeness (QED) is 0.612. The topological polar surface area (TPSA) is 95.2 Å². The van der Waals surface area contributed by atoms with Gasteiger partial charge in [-0.3, -0.25) is 9.59 Å². The molecule has 1 aliphatic heterocycles. The van der Waals surface area contributed by atoms with Crippen LogP contribution < -0.4 is 11.0 Å². The van der Waals surface area contributed by atoms with E-state index in [9.17, 15) is 14.4 Å². The highest BCUT2D eigenvalue weighted by Crippen LogP contribution is 2.22. The molecule has 2 N–H and O–H groups in total. The van der Waals surface area contributed by atoms with E-state index in [0.717, 1.165) is 0 Å². The standard InChI is InChI=1S/C13H18N4O3S/c1-4-8-10(18)14-5-6-17(8)12(19)9-7(2)15-13(20)16-11(9)21-3/h8H,4-6H2,1-3H3,(H,14,18)(H,15,16,20). The molecule has 0 aliphatic carbocycles. The largest absolute Gasteiger partial charge is 0.353 e. The Kier molecular flexibility index (Phi) is 4.66. The fraction of sp³-hybridized carbons (Fsp3) is 0.538. The molecular formula is C13H18N4O3S. The number of aromatic nitrogens is 2. The lowest BCUT2D eigenvalue weighted by Crippen LogP contribution is -2.57. The van der Waals surface area contributed by atoms with Gasteiger partial charge in [0.15, 0.2) is 0 Å². The lowest BCUT2D eigenvalue weighted by atomic mass is 10.1. The third kappa shape index (κ3) is 2.94. The van der Waals surface area contributed by atoms with Crippen LogP contribution in [0, 0.1) is 6.92 Å². The highest BCUT2D eigenvalue weighted by molar-refractivity contribution is 7.98. The van der Waals surface area contributed by atoms with Crippen molar-refractivity contribution in [1.82, 2.24) is 20.2 Å². The maximum atomic E-state index is 12.8. The van der Waals surface area contributed by atoms with Gasteiger partial charge in [-0.15, -0.1) is 11.8 Å². The van der Waals surface area contributed by atoms with Gasteiger partial charge in [0.25, 0.3) is 5.91 Å². The van der Waals surface area contributed by atoms with Crippen LogP contribution in [0.3, 0.4) is 0 Å². The number of aromatic amines is 1. The summed E-state index contributed by atoms with van der Waals surface area (Å²) in [6.07, 6.45) is 2.31. The minimum Gasteiger partial charge on any atom is -0.353 e. The molecule has 0 radical (unpaired) electrons. The first-order valence-corrected chi connectivity index (χ1v) is 7.95. The van der Waals surface area contributed by atoms with Crippen molar-refractivity contribution in [3.05, 3.63) is 21.7 Å². The van der Waals surface area contributed by atoms with Gasteiger partial charge in [0, 0.05) is 18.8 Å². The summed E-state index contributed by atoms with van der Waals surface area (Å²) in [6.45, 7) is 4.42. The van der Waals surface area contributed by atoms with Crippen LogP contribution >= 0.6 is 11.8 Å². The Hall–Kier alpha value is -1.83. The Morgan fingerprint density at radius 2 is 2.19 bits per heavy atom. The van der Waals surface area contributed by atoms with E-state index in [-0.39, 0.29) is 11.8 Å². The molecule has 2 amide bonds. The summed E-state index contributed by atoms with van der Waals surface area (Å²) < 4.78 is 0. The van der Waals surface area contributed by atoms with Crippen molar-refractivity contribution in [2.75, 3.05) is 19.3 Å². The fourth-order valence-corrected chi connectivity index (χ4v) is 3.08. The zero-order valence-corrected chi connectivity index (χ0v) is 13.0. The molecule has 1 atom stereocenters. The first-order chi connectivity index (χ1) is 9.99. The smallest absolute Gasteiger partial charge is 0.346 e. The average molecular weight is 310 g/mol. The second kappa shape index (κ2) is 6.30. The molecule has 0 saturated carbocycles. The number of thioether (sulfide) groups is 1. The summed E-state index contributed by atoms with van der Waals surface area (Å²) in [5.74, 6) is -0.403. The van der Waals surface area contributed by atoms with Gasteiger partial charge in [0.05, 0.1) is 5.56 Å². The normalized spacial score (nSPS) is 18.5. The second-order valence-corrected chi connectivity index (χ2v) is 5.56. The van der Waals surface area contributed by atoms with Gasteiger partial charge in [0.1, 0.15) is 11.1 Å². The lowest BCUT2D eigenvalue weighted by Gasteiger charge is -2.35.